The summed E-state index contributed by atoms with van der Waals surface area (Å²) in [6.07, 6.45) is 2.37. The Hall–Kier alpha value is -2.01. The summed E-state index contributed by atoms with van der Waals surface area (Å²) in [5, 5.41) is 7.37. The monoisotopic (exact) mass is 252 g/mol. The van der Waals surface area contributed by atoms with Gasteiger partial charge in [0, 0.05) is 17.5 Å². The Labute approximate surface area is 105 Å². The van der Waals surface area contributed by atoms with Gasteiger partial charge in [-0.3, -0.25) is 10.9 Å². The Bertz CT molecular complexity index is 445. The minimum Gasteiger partial charge on any atom is -0.495 e. The molecule has 0 heterocycles. The number of aliphatic imine (C=N–C) groups is 1. The van der Waals surface area contributed by atoms with E-state index in [-0.39, 0.29) is 0 Å². The molecule has 17 heavy (non-hydrogen) atoms. The lowest BCUT2D eigenvalue weighted by atomic mass is 10.3. The van der Waals surface area contributed by atoms with Crippen molar-refractivity contribution in [3.8, 4) is 5.75 Å². The highest BCUT2D eigenvalue weighted by molar-refractivity contribution is 6.30. The molecule has 0 bridgehead atoms. The number of halogens is 1. The third-order valence-electron chi connectivity index (χ3n) is 1.81. The van der Waals surface area contributed by atoms with Crippen LogP contribution in [0, 0.1) is 5.41 Å². The van der Waals surface area contributed by atoms with Crippen molar-refractivity contribution in [3.05, 3.63) is 35.6 Å². The first-order chi connectivity index (χ1) is 8.17. The first-order valence-corrected chi connectivity index (χ1v) is 5.12. The quantitative estimate of drug-likeness (QED) is 0.538. The van der Waals surface area contributed by atoms with Crippen LogP contribution in [-0.2, 0) is 0 Å². The molecule has 6 heteroatoms. The third-order valence-corrected chi connectivity index (χ3v) is 2.04. The summed E-state index contributed by atoms with van der Waals surface area (Å²) in [7, 11) is 1.57. The lowest BCUT2D eigenvalue weighted by molar-refractivity contribution is 0.416. The summed E-state index contributed by atoms with van der Waals surface area (Å²) in [6, 6.07) is 5.19. The Balaban J connectivity index is 2.68. The van der Waals surface area contributed by atoms with Gasteiger partial charge in [-0.2, -0.15) is 0 Å². The van der Waals surface area contributed by atoms with Gasteiger partial charge < -0.3 is 10.1 Å². The molecule has 0 amide bonds. The molecule has 0 saturated carbocycles. The van der Waals surface area contributed by atoms with Crippen LogP contribution in [0.2, 0.25) is 5.02 Å². The van der Waals surface area contributed by atoms with Gasteiger partial charge in [-0.1, -0.05) is 18.2 Å². The second kappa shape index (κ2) is 6.55. The number of hydrazine groups is 1. The predicted octanol–water partition coefficient (Wildman–Crippen LogP) is 2.46. The number of anilines is 1. The molecule has 3 N–H and O–H groups in total. The Kier molecular flexibility index (Phi) is 5.03. The highest BCUT2D eigenvalue weighted by atomic mass is 35.5. The number of rotatable bonds is 6. The van der Waals surface area contributed by atoms with E-state index in [1.54, 1.807) is 25.3 Å². The molecule has 0 atom stereocenters. The topological polar surface area (TPSA) is 69.5 Å². The maximum atomic E-state index is 6.78. The molecule has 0 radical (unpaired) electrons. The summed E-state index contributed by atoms with van der Waals surface area (Å²) in [6.45, 7) is 3.64. The number of nitrogens with one attached hydrogen (secondary N) is 3. The summed E-state index contributed by atoms with van der Waals surface area (Å²) in [5.41, 5.74) is 6.29. The van der Waals surface area contributed by atoms with Gasteiger partial charge in [0.2, 0.25) is 0 Å². The van der Waals surface area contributed by atoms with E-state index in [4.69, 9.17) is 21.7 Å². The fraction of sp³-hybridized carbons (Fsp3) is 0.0909. The molecule has 0 fully saturated rings. The number of methoxy groups -OCH3 is 1. The van der Waals surface area contributed by atoms with E-state index in [1.807, 2.05) is 0 Å². The minimum atomic E-state index is 0.371. The summed E-state index contributed by atoms with van der Waals surface area (Å²) in [5.74, 6) is 1.02. The number of hydrogen-bond acceptors (Lipinski definition) is 5. The molecule has 0 spiro atoms. The van der Waals surface area contributed by atoms with Crippen molar-refractivity contribution in [3.63, 3.8) is 0 Å². The van der Waals surface area contributed by atoms with Gasteiger partial charge in [0.1, 0.15) is 11.6 Å². The van der Waals surface area contributed by atoms with Crippen LogP contribution in [0.15, 0.2) is 35.6 Å². The maximum Gasteiger partial charge on any atom is 0.143 e. The predicted molar refractivity (Wildman–Crippen MR) is 71.2 cm³/mol. The zero-order chi connectivity index (χ0) is 12.7. The molecule has 0 unspecified atom stereocenters. The van der Waals surface area contributed by atoms with Crippen molar-refractivity contribution < 1.29 is 4.74 Å². The molecule has 90 valence electrons. The molecule has 5 nitrogen and oxygen atoms in total. The van der Waals surface area contributed by atoms with Crippen molar-refractivity contribution in [1.29, 1.82) is 5.41 Å². The Morgan fingerprint density at radius 2 is 2.35 bits per heavy atom. The Morgan fingerprint density at radius 1 is 1.59 bits per heavy atom. The first kappa shape index (κ1) is 13.1. The van der Waals surface area contributed by atoms with Crippen molar-refractivity contribution in [2.45, 2.75) is 0 Å². The van der Waals surface area contributed by atoms with E-state index in [0.29, 0.717) is 22.3 Å². The second-order valence-corrected chi connectivity index (χ2v) is 3.42. The Morgan fingerprint density at radius 3 is 3.00 bits per heavy atom. The van der Waals surface area contributed by atoms with Crippen molar-refractivity contribution in [2.75, 3.05) is 12.5 Å². The second-order valence-electron chi connectivity index (χ2n) is 2.99. The van der Waals surface area contributed by atoms with Crippen LogP contribution >= 0.6 is 11.6 Å². The minimum absolute atomic E-state index is 0.371. The van der Waals surface area contributed by atoms with E-state index < -0.39 is 0 Å². The normalized spacial score (nSPS) is 10.0. The van der Waals surface area contributed by atoms with Gasteiger partial charge >= 0.3 is 0 Å². The van der Waals surface area contributed by atoms with Gasteiger partial charge in [0.15, 0.2) is 0 Å². The van der Waals surface area contributed by atoms with Crippen LogP contribution in [-0.4, -0.2) is 19.5 Å². The molecule has 0 aliphatic heterocycles. The van der Waals surface area contributed by atoms with Crippen LogP contribution in [0.3, 0.4) is 0 Å². The van der Waals surface area contributed by atoms with E-state index in [0.717, 1.165) is 6.21 Å². The largest absolute Gasteiger partial charge is 0.495 e. The van der Waals surface area contributed by atoms with Gasteiger partial charge in [-0.25, -0.2) is 4.99 Å². The molecule has 0 aliphatic rings. The fourth-order valence-electron chi connectivity index (χ4n) is 1.08. The van der Waals surface area contributed by atoms with Gasteiger partial charge in [-0.15, -0.1) is 0 Å². The molecule has 1 aromatic rings. The van der Waals surface area contributed by atoms with Crippen LogP contribution in [0.1, 0.15) is 0 Å². The van der Waals surface area contributed by atoms with E-state index in [9.17, 15) is 0 Å². The van der Waals surface area contributed by atoms with E-state index >= 15 is 0 Å². The standard InChI is InChI=1S/C11H13ClN4O/c1-8(14-6-5-13)15-16-10-7-9(12)3-4-11(10)17-2/h3-7,13,15-16H,1H2,2H3. The summed E-state index contributed by atoms with van der Waals surface area (Å²) in [4.78, 5) is 3.83. The molecule has 1 aromatic carbocycles. The van der Waals surface area contributed by atoms with Gasteiger partial charge in [-0.05, 0) is 18.2 Å². The van der Waals surface area contributed by atoms with Crippen LogP contribution in [0.4, 0.5) is 5.69 Å². The lowest BCUT2D eigenvalue weighted by Gasteiger charge is -2.12. The van der Waals surface area contributed by atoms with Gasteiger partial charge in [0.25, 0.3) is 0 Å². The highest BCUT2D eigenvalue weighted by Gasteiger charge is 2.02. The van der Waals surface area contributed by atoms with Crippen molar-refractivity contribution >= 4 is 29.7 Å². The number of benzene rings is 1. The number of hydrogen-bond donors (Lipinski definition) is 3. The molecular formula is C11H13ClN4O. The van der Waals surface area contributed by atoms with Crippen LogP contribution < -0.4 is 15.6 Å². The average molecular weight is 253 g/mol. The highest BCUT2D eigenvalue weighted by Crippen LogP contribution is 2.26. The maximum absolute atomic E-state index is 6.78. The SMILES string of the molecule is C=C(N=CC=N)NNc1cc(Cl)ccc1OC. The summed E-state index contributed by atoms with van der Waals surface area (Å²) < 4.78 is 5.15. The van der Waals surface area contributed by atoms with E-state index in [1.165, 1.54) is 6.21 Å². The van der Waals surface area contributed by atoms with Crippen molar-refractivity contribution in [1.82, 2.24) is 5.43 Å². The molecule has 0 aliphatic carbocycles. The number of ether oxygens (including phenoxy) is 1. The molecule has 0 saturated heterocycles. The summed E-state index contributed by atoms with van der Waals surface area (Å²) >= 11 is 5.87. The van der Waals surface area contributed by atoms with Crippen molar-refractivity contribution in [2.24, 2.45) is 4.99 Å². The zero-order valence-corrected chi connectivity index (χ0v) is 10.1. The smallest absolute Gasteiger partial charge is 0.143 e. The van der Waals surface area contributed by atoms with Crippen LogP contribution in [0.25, 0.3) is 0 Å². The molecule has 0 aromatic heterocycles. The first-order valence-electron chi connectivity index (χ1n) is 4.75. The lowest BCUT2D eigenvalue weighted by Crippen LogP contribution is -2.19. The fourth-order valence-corrected chi connectivity index (χ4v) is 1.25. The molecular weight excluding hydrogens is 240 g/mol. The average Bonchev–Trinajstić information content (AvgIpc) is 2.34. The third kappa shape index (κ3) is 4.16. The van der Waals surface area contributed by atoms with Crippen LogP contribution in [0.5, 0.6) is 5.75 Å². The van der Waals surface area contributed by atoms with Gasteiger partial charge in [0.05, 0.1) is 12.8 Å². The molecule has 1 rings (SSSR count). The van der Waals surface area contributed by atoms with E-state index in [2.05, 4.69) is 22.4 Å². The number of nitrogens with zero attached hydrogens (tertiary/aromatic N) is 1. The zero-order valence-electron chi connectivity index (χ0n) is 9.33.